The van der Waals surface area contributed by atoms with E-state index in [4.69, 9.17) is 10.6 Å². The SMILES string of the molecule is CCN(OC)C(=O)C1CCC(N)C(C)C1(C)C. The first-order valence-electron chi connectivity index (χ1n) is 6.47. The fourth-order valence-electron chi connectivity index (χ4n) is 2.84. The van der Waals surface area contributed by atoms with Crippen LogP contribution < -0.4 is 5.73 Å². The second kappa shape index (κ2) is 5.36. The zero-order chi connectivity index (χ0) is 13.2. The van der Waals surface area contributed by atoms with Crippen LogP contribution in [0, 0.1) is 17.3 Å². The van der Waals surface area contributed by atoms with E-state index in [-0.39, 0.29) is 23.3 Å². The third-order valence-corrected chi connectivity index (χ3v) is 4.55. The van der Waals surface area contributed by atoms with Crippen molar-refractivity contribution in [2.75, 3.05) is 13.7 Å². The summed E-state index contributed by atoms with van der Waals surface area (Å²) in [5, 5.41) is 1.45. The molecule has 3 unspecified atom stereocenters. The van der Waals surface area contributed by atoms with Gasteiger partial charge in [0.1, 0.15) is 0 Å². The van der Waals surface area contributed by atoms with Crippen LogP contribution in [0.5, 0.6) is 0 Å². The third kappa shape index (κ3) is 2.63. The molecule has 1 rings (SSSR count). The summed E-state index contributed by atoms with van der Waals surface area (Å²) in [6.45, 7) is 8.94. The summed E-state index contributed by atoms with van der Waals surface area (Å²) in [5.41, 5.74) is 6.03. The molecule has 0 aliphatic heterocycles. The van der Waals surface area contributed by atoms with Gasteiger partial charge in [-0.1, -0.05) is 20.8 Å². The Bertz CT molecular complexity index is 275. The van der Waals surface area contributed by atoms with Crippen molar-refractivity contribution in [2.24, 2.45) is 23.0 Å². The Kier molecular flexibility index (Phi) is 4.55. The van der Waals surface area contributed by atoms with Gasteiger partial charge in [-0.15, -0.1) is 0 Å². The normalized spacial score (nSPS) is 32.2. The van der Waals surface area contributed by atoms with Crippen LogP contribution in [0.15, 0.2) is 0 Å². The number of carbonyl (C=O) groups is 1. The Morgan fingerprint density at radius 2 is 2.06 bits per heavy atom. The summed E-state index contributed by atoms with van der Waals surface area (Å²) < 4.78 is 0. The molecule has 100 valence electrons. The first-order chi connectivity index (χ1) is 7.86. The first-order valence-corrected chi connectivity index (χ1v) is 6.47. The first kappa shape index (κ1) is 14.5. The highest BCUT2D eigenvalue weighted by Crippen LogP contribution is 2.45. The predicted molar refractivity (Wildman–Crippen MR) is 68.0 cm³/mol. The number of hydrogen-bond donors (Lipinski definition) is 1. The number of nitrogens with zero attached hydrogens (tertiary/aromatic N) is 1. The van der Waals surface area contributed by atoms with Gasteiger partial charge < -0.3 is 5.73 Å². The molecule has 2 N–H and O–H groups in total. The summed E-state index contributed by atoms with van der Waals surface area (Å²) in [4.78, 5) is 17.5. The number of amides is 1. The lowest BCUT2D eigenvalue weighted by molar-refractivity contribution is -0.186. The quantitative estimate of drug-likeness (QED) is 0.768. The molecule has 1 aliphatic rings. The lowest BCUT2D eigenvalue weighted by Gasteiger charge is -2.46. The van der Waals surface area contributed by atoms with E-state index < -0.39 is 0 Å². The van der Waals surface area contributed by atoms with Gasteiger partial charge in [0.15, 0.2) is 0 Å². The average molecular weight is 242 g/mol. The monoisotopic (exact) mass is 242 g/mol. The van der Waals surface area contributed by atoms with Gasteiger partial charge >= 0.3 is 0 Å². The van der Waals surface area contributed by atoms with Crippen LogP contribution in [-0.4, -0.2) is 30.7 Å². The van der Waals surface area contributed by atoms with Crippen LogP contribution in [0.4, 0.5) is 0 Å². The van der Waals surface area contributed by atoms with E-state index in [2.05, 4.69) is 20.8 Å². The van der Waals surface area contributed by atoms with Crippen molar-refractivity contribution in [3.05, 3.63) is 0 Å². The van der Waals surface area contributed by atoms with Crippen LogP contribution >= 0.6 is 0 Å². The molecule has 0 aromatic heterocycles. The topological polar surface area (TPSA) is 55.6 Å². The second-order valence-electron chi connectivity index (χ2n) is 5.62. The standard InChI is InChI=1S/C13H26N2O2/c1-6-15(17-5)12(16)10-7-8-11(14)9(2)13(10,3)4/h9-11H,6-8,14H2,1-5H3. The minimum absolute atomic E-state index is 0.0113. The molecule has 3 atom stereocenters. The average Bonchev–Trinajstić information content (AvgIpc) is 2.27. The number of hydrogen-bond acceptors (Lipinski definition) is 3. The fourth-order valence-corrected chi connectivity index (χ4v) is 2.84. The summed E-state index contributed by atoms with van der Waals surface area (Å²) >= 11 is 0. The molecule has 0 radical (unpaired) electrons. The molecule has 1 aliphatic carbocycles. The molecule has 1 amide bonds. The minimum Gasteiger partial charge on any atom is -0.327 e. The molecule has 0 aromatic rings. The van der Waals surface area contributed by atoms with Crippen molar-refractivity contribution in [2.45, 2.75) is 46.6 Å². The number of rotatable bonds is 3. The maximum absolute atomic E-state index is 12.4. The molecule has 0 spiro atoms. The van der Waals surface area contributed by atoms with E-state index >= 15 is 0 Å². The molecule has 1 saturated carbocycles. The van der Waals surface area contributed by atoms with Gasteiger partial charge in [-0.2, -0.15) is 0 Å². The van der Waals surface area contributed by atoms with E-state index in [1.54, 1.807) is 7.11 Å². The van der Waals surface area contributed by atoms with E-state index in [0.717, 1.165) is 12.8 Å². The molecular formula is C13H26N2O2. The van der Waals surface area contributed by atoms with Crippen molar-refractivity contribution in [1.29, 1.82) is 0 Å². The molecule has 0 saturated heterocycles. The predicted octanol–water partition coefficient (Wildman–Crippen LogP) is 1.80. The smallest absolute Gasteiger partial charge is 0.249 e. The zero-order valence-corrected chi connectivity index (χ0v) is 11.7. The Balaban J connectivity index is 2.87. The molecule has 0 aromatic carbocycles. The highest BCUT2D eigenvalue weighted by Gasteiger charge is 2.46. The second-order valence-corrected chi connectivity index (χ2v) is 5.62. The zero-order valence-electron chi connectivity index (χ0n) is 11.7. The van der Waals surface area contributed by atoms with Crippen molar-refractivity contribution < 1.29 is 9.63 Å². The van der Waals surface area contributed by atoms with Gasteiger partial charge in [-0.05, 0) is 31.1 Å². The van der Waals surface area contributed by atoms with Crippen molar-refractivity contribution in [3.63, 3.8) is 0 Å². The molecular weight excluding hydrogens is 216 g/mol. The highest BCUT2D eigenvalue weighted by atomic mass is 16.7. The molecule has 1 fully saturated rings. The van der Waals surface area contributed by atoms with Gasteiger partial charge in [-0.3, -0.25) is 9.63 Å². The maximum Gasteiger partial charge on any atom is 0.249 e. The summed E-state index contributed by atoms with van der Waals surface area (Å²) in [5.74, 6) is 0.455. The lowest BCUT2D eigenvalue weighted by Crippen LogP contribution is -2.52. The van der Waals surface area contributed by atoms with Crippen LogP contribution in [0.25, 0.3) is 0 Å². The molecule has 0 bridgehead atoms. The lowest BCUT2D eigenvalue weighted by atomic mass is 9.61. The summed E-state index contributed by atoms with van der Waals surface area (Å²) in [6, 6.07) is 0.201. The Hall–Kier alpha value is -0.610. The van der Waals surface area contributed by atoms with Crippen molar-refractivity contribution >= 4 is 5.91 Å². The largest absolute Gasteiger partial charge is 0.327 e. The van der Waals surface area contributed by atoms with Gasteiger partial charge in [-0.25, -0.2) is 5.06 Å². The maximum atomic E-state index is 12.4. The van der Waals surface area contributed by atoms with Crippen LogP contribution in [0.2, 0.25) is 0 Å². The number of nitrogens with two attached hydrogens (primary N) is 1. The van der Waals surface area contributed by atoms with Gasteiger partial charge in [0.2, 0.25) is 5.91 Å². The van der Waals surface area contributed by atoms with Crippen LogP contribution in [-0.2, 0) is 9.63 Å². The van der Waals surface area contributed by atoms with E-state index in [0.29, 0.717) is 12.5 Å². The minimum atomic E-state index is -0.0688. The molecule has 17 heavy (non-hydrogen) atoms. The van der Waals surface area contributed by atoms with E-state index in [1.165, 1.54) is 5.06 Å². The Labute approximate surface area is 104 Å². The number of carbonyl (C=O) groups excluding carboxylic acids is 1. The van der Waals surface area contributed by atoms with E-state index in [1.807, 2.05) is 6.92 Å². The van der Waals surface area contributed by atoms with Crippen molar-refractivity contribution in [3.8, 4) is 0 Å². The molecule has 4 nitrogen and oxygen atoms in total. The van der Waals surface area contributed by atoms with Crippen LogP contribution in [0.1, 0.15) is 40.5 Å². The summed E-state index contributed by atoms with van der Waals surface area (Å²) in [7, 11) is 1.55. The highest BCUT2D eigenvalue weighted by molar-refractivity contribution is 5.78. The van der Waals surface area contributed by atoms with E-state index in [9.17, 15) is 4.79 Å². The van der Waals surface area contributed by atoms with Gasteiger partial charge in [0.05, 0.1) is 7.11 Å². The van der Waals surface area contributed by atoms with Gasteiger partial charge in [0.25, 0.3) is 0 Å². The van der Waals surface area contributed by atoms with Crippen LogP contribution in [0.3, 0.4) is 0 Å². The summed E-state index contributed by atoms with van der Waals surface area (Å²) in [6.07, 6.45) is 1.78. The Morgan fingerprint density at radius 3 is 2.53 bits per heavy atom. The third-order valence-electron chi connectivity index (χ3n) is 4.55. The molecule has 0 heterocycles. The Morgan fingerprint density at radius 1 is 1.47 bits per heavy atom. The van der Waals surface area contributed by atoms with Gasteiger partial charge in [0, 0.05) is 18.5 Å². The van der Waals surface area contributed by atoms with Crippen molar-refractivity contribution in [1.82, 2.24) is 5.06 Å². The molecule has 4 heteroatoms. The fraction of sp³-hybridized carbons (Fsp3) is 0.923. The number of hydroxylamine groups is 2.